The topological polar surface area (TPSA) is 85.3 Å². The molecule has 1 aromatic heterocycles. The van der Waals surface area contributed by atoms with Crippen molar-refractivity contribution in [1.82, 2.24) is 15.1 Å². The van der Waals surface area contributed by atoms with Gasteiger partial charge in [0.05, 0.1) is 6.61 Å². The number of nitrogens with one attached hydrogen (secondary N) is 2. The van der Waals surface area contributed by atoms with Gasteiger partial charge >= 0.3 is 12.0 Å². The third-order valence-electron chi connectivity index (χ3n) is 3.05. The lowest BCUT2D eigenvalue weighted by atomic mass is 10.3. The van der Waals surface area contributed by atoms with Crippen molar-refractivity contribution in [3.63, 3.8) is 0 Å². The van der Waals surface area contributed by atoms with Gasteiger partial charge in [-0.2, -0.15) is 5.10 Å². The second kappa shape index (κ2) is 9.81. The first-order chi connectivity index (χ1) is 10.6. The molecule has 1 aromatic rings. The summed E-state index contributed by atoms with van der Waals surface area (Å²) in [6, 6.07) is -0.361. The molecule has 0 fully saturated rings. The van der Waals surface area contributed by atoms with E-state index in [2.05, 4.69) is 22.7 Å². The van der Waals surface area contributed by atoms with Crippen LogP contribution in [-0.4, -0.2) is 34.9 Å². The van der Waals surface area contributed by atoms with E-state index in [9.17, 15) is 9.59 Å². The number of carbonyl (C=O) groups excluding carboxylic acids is 2. The van der Waals surface area contributed by atoms with Crippen LogP contribution in [0.2, 0.25) is 0 Å². The fourth-order valence-electron chi connectivity index (χ4n) is 1.84. The molecule has 0 aliphatic carbocycles. The summed E-state index contributed by atoms with van der Waals surface area (Å²) >= 11 is 0. The van der Waals surface area contributed by atoms with E-state index in [0.29, 0.717) is 13.1 Å². The van der Waals surface area contributed by atoms with Crippen LogP contribution in [0.25, 0.3) is 0 Å². The highest BCUT2D eigenvalue weighted by Gasteiger charge is 2.19. The second-order valence-corrected chi connectivity index (χ2v) is 4.96. The average Bonchev–Trinajstić information content (AvgIpc) is 2.88. The van der Waals surface area contributed by atoms with Crippen LogP contribution in [0.15, 0.2) is 6.20 Å². The number of ether oxygens (including phenoxy) is 1. The number of urea groups is 1. The fraction of sp³-hybridized carbons (Fsp3) is 0.667. The summed E-state index contributed by atoms with van der Waals surface area (Å²) < 4.78 is 6.67. The van der Waals surface area contributed by atoms with E-state index in [1.807, 2.05) is 6.92 Å². The van der Waals surface area contributed by atoms with Gasteiger partial charge in [-0.05, 0) is 19.8 Å². The highest BCUT2D eigenvalue weighted by Crippen LogP contribution is 2.15. The van der Waals surface area contributed by atoms with Gasteiger partial charge in [0.25, 0.3) is 0 Å². The Kier molecular flexibility index (Phi) is 8.03. The number of carbonyl (C=O) groups is 2. The first-order valence-electron chi connectivity index (χ1n) is 7.91. The summed E-state index contributed by atoms with van der Waals surface area (Å²) in [5, 5.41) is 9.62. The van der Waals surface area contributed by atoms with Gasteiger partial charge in [-0.3, -0.25) is 10.00 Å². The fourth-order valence-corrected chi connectivity index (χ4v) is 1.84. The maximum atomic E-state index is 11.9. The molecule has 0 aliphatic rings. The van der Waals surface area contributed by atoms with Crippen molar-refractivity contribution in [1.29, 1.82) is 0 Å². The van der Waals surface area contributed by atoms with E-state index < -0.39 is 5.97 Å². The SMILES string of the molecule is CCCCNC(=O)Nc1nn(CCCC)cc1C(=O)OCC. The highest BCUT2D eigenvalue weighted by molar-refractivity contribution is 5.99. The molecule has 0 unspecified atom stereocenters. The van der Waals surface area contributed by atoms with Gasteiger partial charge in [0, 0.05) is 19.3 Å². The van der Waals surface area contributed by atoms with Crippen LogP contribution in [0, 0.1) is 0 Å². The minimum atomic E-state index is -0.478. The van der Waals surface area contributed by atoms with Crippen LogP contribution in [0.4, 0.5) is 10.6 Å². The van der Waals surface area contributed by atoms with Gasteiger partial charge in [0.1, 0.15) is 5.56 Å². The normalized spacial score (nSPS) is 10.3. The molecular weight excluding hydrogens is 284 g/mol. The molecule has 0 aliphatic heterocycles. The van der Waals surface area contributed by atoms with Crippen molar-refractivity contribution in [3.05, 3.63) is 11.8 Å². The van der Waals surface area contributed by atoms with Crippen LogP contribution in [-0.2, 0) is 11.3 Å². The molecule has 7 heteroatoms. The number of rotatable bonds is 9. The summed E-state index contributed by atoms with van der Waals surface area (Å²) in [5.41, 5.74) is 0.281. The molecule has 0 radical (unpaired) electrons. The molecule has 1 rings (SSSR count). The number of anilines is 1. The van der Waals surface area contributed by atoms with Gasteiger partial charge < -0.3 is 10.1 Å². The third-order valence-corrected chi connectivity index (χ3v) is 3.05. The maximum Gasteiger partial charge on any atom is 0.343 e. The Morgan fingerprint density at radius 2 is 1.95 bits per heavy atom. The van der Waals surface area contributed by atoms with Crippen molar-refractivity contribution in [2.45, 2.75) is 53.0 Å². The number of hydrogen-bond acceptors (Lipinski definition) is 4. The van der Waals surface area contributed by atoms with Crippen LogP contribution in [0.1, 0.15) is 56.8 Å². The molecule has 7 nitrogen and oxygen atoms in total. The van der Waals surface area contributed by atoms with Crippen molar-refractivity contribution >= 4 is 17.8 Å². The lowest BCUT2D eigenvalue weighted by Crippen LogP contribution is -2.30. The Hall–Kier alpha value is -2.05. The molecule has 0 spiro atoms. The first-order valence-corrected chi connectivity index (χ1v) is 7.91. The number of nitrogens with zero attached hydrogens (tertiary/aromatic N) is 2. The smallest absolute Gasteiger partial charge is 0.343 e. The molecule has 0 aromatic carbocycles. The van der Waals surface area contributed by atoms with E-state index in [-0.39, 0.29) is 24.0 Å². The zero-order valence-electron chi connectivity index (χ0n) is 13.6. The van der Waals surface area contributed by atoms with Gasteiger partial charge in [-0.15, -0.1) is 0 Å². The van der Waals surface area contributed by atoms with Gasteiger partial charge in [0.2, 0.25) is 0 Å². The predicted molar refractivity (Wildman–Crippen MR) is 85.0 cm³/mol. The minimum Gasteiger partial charge on any atom is -0.462 e. The van der Waals surface area contributed by atoms with E-state index in [1.165, 1.54) is 0 Å². The molecule has 0 atom stereocenters. The minimum absolute atomic E-state index is 0.239. The second-order valence-electron chi connectivity index (χ2n) is 4.96. The Balaban J connectivity index is 2.78. The first kappa shape index (κ1) is 18.0. The molecule has 0 saturated heterocycles. The standard InChI is InChI=1S/C15H26N4O3/c1-4-7-9-16-15(21)17-13-12(14(20)22-6-3)11-19(18-13)10-8-5-2/h11H,4-10H2,1-3H3,(H2,16,17,18,21). The largest absolute Gasteiger partial charge is 0.462 e. The molecule has 0 saturated carbocycles. The van der Waals surface area contributed by atoms with Crippen molar-refractivity contribution in [3.8, 4) is 0 Å². The quantitative estimate of drug-likeness (QED) is 0.542. The molecule has 0 bridgehead atoms. The molecule has 124 valence electrons. The van der Waals surface area contributed by atoms with Crippen LogP contribution in [0.3, 0.4) is 0 Å². The number of hydrogen-bond donors (Lipinski definition) is 2. The lowest BCUT2D eigenvalue weighted by molar-refractivity contribution is 0.0527. The van der Waals surface area contributed by atoms with E-state index in [0.717, 1.165) is 25.7 Å². The van der Waals surface area contributed by atoms with E-state index >= 15 is 0 Å². The van der Waals surface area contributed by atoms with Gasteiger partial charge in [-0.25, -0.2) is 9.59 Å². The predicted octanol–water partition coefficient (Wildman–Crippen LogP) is 2.78. The summed E-state index contributed by atoms with van der Waals surface area (Å²) in [4.78, 5) is 23.8. The van der Waals surface area contributed by atoms with E-state index in [1.54, 1.807) is 17.8 Å². The summed E-state index contributed by atoms with van der Waals surface area (Å²) in [6.45, 7) is 7.44. The van der Waals surface area contributed by atoms with E-state index in [4.69, 9.17) is 4.74 Å². The monoisotopic (exact) mass is 310 g/mol. The Labute approximate surface area is 131 Å². The van der Waals surface area contributed by atoms with Crippen LogP contribution >= 0.6 is 0 Å². The summed E-state index contributed by atoms with van der Waals surface area (Å²) in [6.07, 6.45) is 5.50. The molecule has 22 heavy (non-hydrogen) atoms. The Morgan fingerprint density at radius 3 is 2.59 bits per heavy atom. The average molecular weight is 310 g/mol. The number of aromatic nitrogens is 2. The number of aryl methyl sites for hydroxylation is 1. The molecule has 1 heterocycles. The van der Waals surface area contributed by atoms with Gasteiger partial charge in [0.15, 0.2) is 5.82 Å². The molecule has 2 amide bonds. The van der Waals surface area contributed by atoms with Crippen LogP contribution < -0.4 is 10.6 Å². The Bertz CT molecular complexity index is 485. The zero-order valence-corrected chi connectivity index (χ0v) is 13.6. The van der Waals surface area contributed by atoms with Crippen molar-refractivity contribution in [2.24, 2.45) is 0 Å². The molecular formula is C15H26N4O3. The summed E-state index contributed by atoms with van der Waals surface area (Å²) in [7, 11) is 0. The number of esters is 1. The number of amides is 2. The van der Waals surface area contributed by atoms with Crippen molar-refractivity contribution < 1.29 is 14.3 Å². The summed E-state index contributed by atoms with van der Waals surface area (Å²) in [5.74, 6) is -0.238. The lowest BCUT2D eigenvalue weighted by Gasteiger charge is -2.06. The molecule has 2 N–H and O–H groups in total. The third kappa shape index (κ3) is 5.75. The number of unbranched alkanes of at least 4 members (excludes halogenated alkanes) is 2. The Morgan fingerprint density at radius 1 is 1.23 bits per heavy atom. The van der Waals surface area contributed by atoms with Crippen molar-refractivity contribution in [2.75, 3.05) is 18.5 Å². The highest BCUT2D eigenvalue weighted by atomic mass is 16.5. The maximum absolute atomic E-state index is 11.9. The van der Waals surface area contributed by atoms with Crippen LogP contribution in [0.5, 0.6) is 0 Å². The van der Waals surface area contributed by atoms with Gasteiger partial charge in [-0.1, -0.05) is 26.7 Å². The zero-order chi connectivity index (χ0) is 16.4.